The molecule has 20 heavy (non-hydrogen) atoms. The van der Waals surface area contributed by atoms with Gasteiger partial charge in [0.15, 0.2) is 0 Å². The first-order valence-electron chi connectivity index (χ1n) is 6.69. The van der Waals surface area contributed by atoms with Crippen molar-refractivity contribution < 1.29 is 9.50 Å². The molecule has 1 heterocycles. The standard InChI is InChI=1S/C15H19FN2OS/c1-10(17-8-3-9-19)14-11(2)18-15(20-14)12-4-6-13(16)7-5-12/h4-7,10,17,19H,3,8-9H2,1-2H3. The lowest BCUT2D eigenvalue weighted by molar-refractivity contribution is 0.284. The minimum Gasteiger partial charge on any atom is -0.396 e. The number of benzene rings is 1. The first kappa shape index (κ1) is 15.1. The molecule has 0 bridgehead atoms. The summed E-state index contributed by atoms with van der Waals surface area (Å²) >= 11 is 1.63. The van der Waals surface area contributed by atoms with Gasteiger partial charge in [-0.3, -0.25) is 0 Å². The highest BCUT2D eigenvalue weighted by Crippen LogP contribution is 2.31. The molecule has 0 saturated heterocycles. The zero-order valence-corrected chi connectivity index (χ0v) is 12.5. The Morgan fingerprint density at radius 2 is 2.05 bits per heavy atom. The molecule has 2 aromatic rings. The summed E-state index contributed by atoms with van der Waals surface area (Å²) in [6.07, 6.45) is 0.743. The van der Waals surface area contributed by atoms with Gasteiger partial charge in [-0.05, 0) is 51.1 Å². The van der Waals surface area contributed by atoms with Gasteiger partial charge in [-0.2, -0.15) is 0 Å². The second-order valence-electron chi connectivity index (χ2n) is 4.73. The Kier molecular flexibility index (Phi) is 5.23. The molecule has 1 unspecified atom stereocenters. The van der Waals surface area contributed by atoms with E-state index in [1.807, 2.05) is 6.92 Å². The SMILES string of the molecule is Cc1nc(-c2ccc(F)cc2)sc1C(C)NCCCO. The molecule has 0 aliphatic heterocycles. The van der Waals surface area contributed by atoms with Gasteiger partial charge in [0.25, 0.3) is 0 Å². The maximum absolute atomic E-state index is 12.9. The molecule has 0 aliphatic rings. The summed E-state index contributed by atoms with van der Waals surface area (Å²) in [4.78, 5) is 5.75. The molecule has 0 spiro atoms. The van der Waals surface area contributed by atoms with Gasteiger partial charge < -0.3 is 10.4 Å². The first-order valence-corrected chi connectivity index (χ1v) is 7.51. The van der Waals surface area contributed by atoms with Gasteiger partial charge in [-0.1, -0.05) is 0 Å². The number of aromatic nitrogens is 1. The third-order valence-corrected chi connectivity index (χ3v) is 4.49. The van der Waals surface area contributed by atoms with Crippen LogP contribution in [0.1, 0.15) is 30.0 Å². The number of thiazole rings is 1. The van der Waals surface area contributed by atoms with Crippen LogP contribution in [0.3, 0.4) is 0 Å². The Balaban J connectivity index is 2.14. The van der Waals surface area contributed by atoms with Crippen LogP contribution in [0.4, 0.5) is 4.39 Å². The van der Waals surface area contributed by atoms with Crippen LogP contribution in [-0.4, -0.2) is 23.2 Å². The molecule has 2 N–H and O–H groups in total. The molecule has 0 fully saturated rings. The normalized spacial score (nSPS) is 12.6. The topological polar surface area (TPSA) is 45.2 Å². The molecule has 1 atom stereocenters. The average molecular weight is 294 g/mol. The van der Waals surface area contributed by atoms with Crippen LogP contribution >= 0.6 is 11.3 Å². The summed E-state index contributed by atoms with van der Waals surface area (Å²) in [6, 6.07) is 6.61. The minimum absolute atomic E-state index is 0.197. The van der Waals surface area contributed by atoms with Gasteiger partial charge in [0.2, 0.25) is 0 Å². The fourth-order valence-electron chi connectivity index (χ4n) is 2.02. The van der Waals surface area contributed by atoms with Gasteiger partial charge in [-0.25, -0.2) is 9.37 Å². The maximum Gasteiger partial charge on any atom is 0.123 e. The minimum atomic E-state index is -0.235. The number of hydrogen-bond donors (Lipinski definition) is 2. The van der Waals surface area contributed by atoms with Crippen molar-refractivity contribution in [3.8, 4) is 10.6 Å². The lowest BCUT2D eigenvalue weighted by atomic mass is 10.2. The maximum atomic E-state index is 12.9. The number of rotatable bonds is 6. The third kappa shape index (κ3) is 3.62. The van der Waals surface area contributed by atoms with Crippen LogP contribution in [0.5, 0.6) is 0 Å². The van der Waals surface area contributed by atoms with E-state index in [2.05, 4.69) is 17.2 Å². The van der Waals surface area contributed by atoms with E-state index in [1.165, 1.54) is 17.0 Å². The van der Waals surface area contributed by atoms with E-state index >= 15 is 0 Å². The van der Waals surface area contributed by atoms with E-state index in [1.54, 1.807) is 23.5 Å². The van der Waals surface area contributed by atoms with Crippen LogP contribution in [0.15, 0.2) is 24.3 Å². The van der Waals surface area contributed by atoms with Gasteiger partial charge >= 0.3 is 0 Å². The Hall–Kier alpha value is -1.30. The Morgan fingerprint density at radius 3 is 2.70 bits per heavy atom. The monoisotopic (exact) mass is 294 g/mol. The molecule has 2 rings (SSSR count). The smallest absolute Gasteiger partial charge is 0.123 e. The number of aliphatic hydroxyl groups excluding tert-OH is 1. The fourth-order valence-corrected chi connectivity index (χ4v) is 3.11. The van der Waals surface area contributed by atoms with Crippen molar-refractivity contribution in [2.24, 2.45) is 0 Å². The van der Waals surface area contributed by atoms with E-state index in [4.69, 9.17) is 5.11 Å². The molecule has 5 heteroatoms. The third-order valence-electron chi connectivity index (χ3n) is 3.10. The Morgan fingerprint density at radius 1 is 1.35 bits per heavy atom. The number of nitrogens with zero attached hydrogens (tertiary/aromatic N) is 1. The van der Waals surface area contributed by atoms with E-state index in [9.17, 15) is 4.39 Å². The van der Waals surface area contributed by atoms with Crippen molar-refractivity contribution in [1.29, 1.82) is 0 Å². The molecule has 0 amide bonds. The summed E-state index contributed by atoms with van der Waals surface area (Å²) in [6.45, 7) is 5.05. The lowest BCUT2D eigenvalue weighted by Gasteiger charge is -2.11. The number of halogens is 1. The molecule has 0 saturated carbocycles. The molecule has 1 aromatic carbocycles. The van der Waals surface area contributed by atoms with E-state index in [0.717, 1.165) is 29.2 Å². The summed E-state index contributed by atoms with van der Waals surface area (Å²) < 4.78 is 12.9. The van der Waals surface area contributed by atoms with Crippen molar-refractivity contribution in [1.82, 2.24) is 10.3 Å². The quantitative estimate of drug-likeness (QED) is 0.804. The van der Waals surface area contributed by atoms with Gasteiger partial charge in [-0.15, -0.1) is 11.3 Å². The molecule has 1 aromatic heterocycles. The van der Waals surface area contributed by atoms with E-state index in [0.29, 0.717) is 0 Å². The highest BCUT2D eigenvalue weighted by molar-refractivity contribution is 7.15. The van der Waals surface area contributed by atoms with Crippen molar-refractivity contribution in [3.05, 3.63) is 40.7 Å². The molecule has 0 aliphatic carbocycles. The predicted molar refractivity (Wildman–Crippen MR) is 80.4 cm³/mol. The van der Waals surface area contributed by atoms with Crippen LogP contribution in [-0.2, 0) is 0 Å². The average Bonchev–Trinajstić information content (AvgIpc) is 2.82. The van der Waals surface area contributed by atoms with Crippen LogP contribution in [0, 0.1) is 12.7 Å². The summed E-state index contributed by atoms with van der Waals surface area (Å²) in [5, 5.41) is 13.1. The number of aryl methyl sites for hydroxylation is 1. The van der Waals surface area contributed by atoms with E-state index < -0.39 is 0 Å². The van der Waals surface area contributed by atoms with E-state index in [-0.39, 0.29) is 18.5 Å². The molecule has 108 valence electrons. The van der Waals surface area contributed by atoms with Crippen molar-refractivity contribution in [3.63, 3.8) is 0 Å². The zero-order valence-electron chi connectivity index (χ0n) is 11.7. The lowest BCUT2D eigenvalue weighted by Crippen LogP contribution is -2.20. The highest BCUT2D eigenvalue weighted by atomic mass is 32.1. The Labute approximate surface area is 122 Å². The number of aliphatic hydroxyl groups is 1. The molecule has 0 radical (unpaired) electrons. The Bertz CT molecular complexity index is 554. The largest absolute Gasteiger partial charge is 0.396 e. The summed E-state index contributed by atoms with van der Waals surface area (Å²) in [7, 11) is 0. The van der Waals surface area contributed by atoms with Gasteiger partial charge in [0.05, 0.1) is 5.69 Å². The second kappa shape index (κ2) is 6.92. The summed E-state index contributed by atoms with van der Waals surface area (Å²) in [5.74, 6) is -0.235. The molecular weight excluding hydrogens is 275 g/mol. The van der Waals surface area contributed by atoms with Gasteiger partial charge in [0.1, 0.15) is 10.8 Å². The predicted octanol–water partition coefficient (Wildman–Crippen LogP) is 3.29. The highest BCUT2D eigenvalue weighted by Gasteiger charge is 2.14. The van der Waals surface area contributed by atoms with Crippen LogP contribution in [0.2, 0.25) is 0 Å². The summed E-state index contributed by atoms with van der Waals surface area (Å²) in [5.41, 5.74) is 1.94. The molecular formula is C15H19FN2OS. The van der Waals surface area contributed by atoms with Crippen molar-refractivity contribution in [2.75, 3.05) is 13.2 Å². The second-order valence-corrected chi connectivity index (χ2v) is 5.76. The first-order chi connectivity index (χ1) is 9.61. The van der Waals surface area contributed by atoms with Crippen molar-refractivity contribution in [2.45, 2.75) is 26.3 Å². The zero-order chi connectivity index (χ0) is 14.5. The van der Waals surface area contributed by atoms with Crippen molar-refractivity contribution >= 4 is 11.3 Å². The number of nitrogens with one attached hydrogen (secondary N) is 1. The van der Waals surface area contributed by atoms with Crippen LogP contribution in [0.25, 0.3) is 10.6 Å². The van der Waals surface area contributed by atoms with Gasteiger partial charge in [0, 0.05) is 23.1 Å². The fraction of sp³-hybridized carbons (Fsp3) is 0.400. The molecule has 3 nitrogen and oxygen atoms in total. The van der Waals surface area contributed by atoms with Crippen LogP contribution < -0.4 is 5.32 Å². The number of hydrogen-bond acceptors (Lipinski definition) is 4.